The summed E-state index contributed by atoms with van der Waals surface area (Å²) in [6.45, 7) is 1.80. The number of amides is 1. The molecule has 2 rings (SSSR count). The lowest BCUT2D eigenvalue weighted by molar-refractivity contribution is 0.0939. The van der Waals surface area contributed by atoms with Gasteiger partial charge in [-0.1, -0.05) is 40.9 Å². The van der Waals surface area contributed by atoms with Crippen molar-refractivity contribution in [2.24, 2.45) is 0 Å². The van der Waals surface area contributed by atoms with Crippen molar-refractivity contribution in [3.63, 3.8) is 0 Å². The van der Waals surface area contributed by atoms with Crippen molar-refractivity contribution in [3.8, 4) is 11.5 Å². The van der Waals surface area contributed by atoms with Gasteiger partial charge in [-0.15, -0.1) is 0 Å². The second-order valence-corrected chi connectivity index (χ2v) is 6.12. The normalized spacial score (nSPS) is 11.9. The lowest BCUT2D eigenvalue weighted by atomic mass is 10.1. The number of hydrogen-bond acceptors (Lipinski definition) is 3. The molecule has 0 aromatic heterocycles. The van der Waals surface area contributed by atoms with Crippen molar-refractivity contribution in [1.82, 2.24) is 5.32 Å². The fraction of sp³-hybridized carbons (Fsp3) is 0.188. The molecule has 0 radical (unpaired) electrons. The number of methoxy groups -OCH3 is 1. The number of ether oxygens (including phenoxy) is 1. The Morgan fingerprint density at radius 2 is 1.87 bits per heavy atom. The minimum atomic E-state index is -0.372. The molecule has 0 spiro atoms. The third kappa shape index (κ3) is 4.02. The van der Waals surface area contributed by atoms with Crippen molar-refractivity contribution in [2.75, 3.05) is 7.11 Å². The number of nitrogens with one attached hydrogen (secondary N) is 1. The zero-order valence-electron chi connectivity index (χ0n) is 12.4. The van der Waals surface area contributed by atoms with Gasteiger partial charge in [0, 0.05) is 15.6 Å². The minimum Gasteiger partial charge on any atom is -0.503 e. The van der Waals surface area contributed by atoms with E-state index in [1.54, 1.807) is 25.1 Å². The Balaban J connectivity index is 2.23. The number of hydrogen-bond donors (Lipinski definition) is 2. The van der Waals surface area contributed by atoms with E-state index in [1.165, 1.54) is 19.2 Å². The van der Waals surface area contributed by atoms with Gasteiger partial charge in [0.15, 0.2) is 11.5 Å². The van der Waals surface area contributed by atoms with E-state index in [0.717, 1.165) is 5.56 Å². The first-order valence-electron chi connectivity index (χ1n) is 6.65. The fourth-order valence-electron chi connectivity index (χ4n) is 2.07. The van der Waals surface area contributed by atoms with E-state index < -0.39 is 0 Å². The Kier molecular flexibility index (Phi) is 5.63. The monoisotopic (exact) mass is 373 g/mol. The Labute approximate surface area is 148 Å². The number of carbonyl (C=O) groups is 1. The second-order valence-electron chi connectivity index (χ2n) is 4.87. The maximum absolute atomic E-state index is 12.4. The van der Waals surface area contributed by atoms with Gasteiger partial charge in [-0.2, -0.15) is 0 Å². The molecule has 0 bridgehead atoms. The van der Waals surface area contributed by atoms with Crippen LogP contribution in [-0.2, 0) is 0 Å². The van der Waals surface area contributed by atoms with Crippen LogP contribution in [0.3, 0.4) is 0 Å². The molecule has 0 fully saturated rings. The van der Waals surface area contributed by atoms with E-state index in [2.05, 4.69) is 5.32 Å². The van der Waals surface area contributed by atoms with Gasteiger partial charge in [0.05, 0.1) is 18.2 Å². The molecule has 0 aliphatic carbocycles. The van der Waals surface area contributed by atoms with Gasteiger partial charge >= 0.3 is 0 Å². The van der Waals surface area contributed by atoms with Gasteiger partial charge in [-0.25, -0.2) is 0 Å². The van der Waals surface area contributed by atoms with Crippen LogP contribution in [0.15, 0.2) is 30.3 Å². The van der Waals surface area contributed by atoms with Crippen LogP contribution in [0.2, 0.25) is 15.1 Å². The maximum Gasteiger partial charge on any atom is 0.251 e. The van der Waals surface area contributed by atoms with Gasteiger partial charge in [0.2, 0.25) is 0 Å². The molecule has 0 aliphatic rings. The van der Waals surface area contributed by atoms with E-state index >= 15 is 0 Å². The van der Waals surface area contributed by atoms with Crippen molar-refractivity contribution >= 4 is 40.7 Å². The molecule has 2 aromatic rings. The van der Waals surface area contributed by atoms with Gasteiger partial charge < -0.3 is 15.2 Å². The quantitative estimate of drug-likeness (QED) is 0.804. The highest BCUT2D eigenvalue weighted by molar-refractivity contribution is 6.35. The molecule has 1 atom stereocenters. The summed E-state index contributed by atoms with van der Waals surface area (Å²) >= 11 is 17.9. The Morgan fingerprint density at radius 1 is 1.17 bits per heavy atom. The molecule has 0 saturated heterocycles. The molecule has 122 valence electrons. The maximum atomic E-state index is 12.4. The van der Waals surface area contributed by atoms with Crippen LogP contribution in [-0.4, -0.2) is 18.1 Å². The van der Waals surface area contributed by atoms with Crippen LogP contribution in [0.4, 0.5) is 0 Å². The molecule has 0 saturated carbocycles. The van der Waals surface area contributed by atoms with Crippen molar-refractivity contribution < 1.29 is 14.6 Å². The lowest BCUT2D eigenvalue weighted by Crippen LogP contribution is -2.26. The van der Waals surface area contributed by atoms with Crippen LogP contribution < -0.4 is 10.1 Å². The number of benzene rings is 2. The van der Waals surface area contributed by atoms with Gasteiger partial charge in [0.25, 0.3) is 5.91 Å². The predicted octanol–water partition coefficient (Wildman–Crippen LogP) is 4.85. The molecule has 23 heavy (non-hydrogen) atoms. The van der Waals surface area contributed by atoms with Crippen molar-refractivity contribution in [1.29, 1.82) is 0 Å². The first-order chi connectivity index (χ1) is 10.8. The van der Waals surface area contributed by atoms with Crippen LogP contribution >= 0.6 is 34.8 Å². The third-order valence-corrected chi connectivity index (χ3v) is 4.14. The number of carbonyl (C=O) groups excluding carboxylic acids is 1. The Bertz CT molecular complexity index is 750. The summed E-state index contributed by atoms with van der Waals surface area (Å²) in [6.07, 6.45) is 0. The SMILES string of the molecule is COc1cc(C(=O)NC(C)c2ccc(Cl)cc2Cl)cc(Cl)c1O. The summed E-state index contributed by atoms with van der Waals surface area (Å²) in [4.78, 5) is 12.4. The highest BCUT2D eigenvalue weighted by atomic mass is 35.5. The average Bonchev–Trinajstić information content (AvgIpc) is 2.49. The first-order valence-corrected chi connectivity index (χ1v) is 7.79. The van der Waals surface area contributed by atoms with Gasteiger partial charge in [-0.05, 0) is 36.8 Å². The lowest BCUT2D eigenvalue weighted by Gasteiger charge is -2.16. The molecule has 7 heteroatoms. The van der Waals surface area contributed by atoms with Crippen LogP contribution in [0.25, 0.3) is 0 Å². The summed E-state index contributed by atoms with van der Waals surface area (Å²) < 4.78 is 4.99. The summed E-state index contributed by atoms with van der Waals surface area (Å²) in [5.41, 5.74) is 1.00. The van der Waals surface area contributed by atoms with Crippen LogP contribution in [0, 0.1) is 0 Å². The molecule has 0 aliphatic heterocycles. The number of rotatable bonds is 4. The van der Waals surface area contributed by atoms with E-state index in [9.17, 15) is 9.90 Å². The topological polar surface area (TPSA) is 58.6 Å². The summed E-state index contributed by atoms with van der Waals surface area (Å²) in [5, 5.41) is 13.5. The largest absolute Gasteiger partial charge is 0.503 e. The zero-order chi connectivity index (χ0) is 17.1. The molecular weight excluding hydrogens is 361 g/mol. The van der Waals surface area contributed by atoms with Crippen molar-refractivity contribution in [3.05, 3.63) is 56.5 Å². The van der Waals surface area contributed by atoms with E-state index in [-0.39, 0.29) is 34.0 Å². The Morgan fingerprint density at radius 3 is 2.48 bits per heavy atom. The first kappa shape index (κ1) is 17.7. The second kappa shape index (κ2) is 7.30. The van der Waals surface area contributed by atoms with Crippen LogP contribution in [0.1, 0.15) is 28.9 Å². The minimum absolute atomic E-state index is 0.0340. The Hall–Kier alpha value is -1.62. The average molecular weight is 375 g/mol. The fourth-order valence-corrected chi connectivity index (χ4v) is 2.85. The highest BCUT2D eigenvalue weighted by Gasteiger charge is 2.17. The van der Waals surface area contributed by atoms with Crippen LogP contribution in [0.5, 0.6) is 11.5 Å². The zero-order valence-corrected chi connectivity index (χ0v) is 14.6. The number of halogens is 3. The van der Waals surface area contributed by atoms with E-state index in [1.807, 2.05) is 0 Å². The van der Waals surface area contributed by atoms with Crippen molar-refractivity contribution in [2.45, 2.75) is 13.0 Å². The highest BCUT2D eigenvalue weighted by Crippen LogP contribution is 2.35. The van der Waals surface area contributed by atoms with E-state index in [4.69, 9.17) is 39.5 Å². The standard InChI is InChI=1S/C16H14Cl3NO3/c1-8(11-4-3-10(17)7-12(11)18)20-16(22)9-5-13(19)15(21)14(6-9)23-2/h3-8,21H,1-2H3,(H,20,22). The molecule has 1 unspecified atom stereocenters. The van der Waals surface area contributed by atoms with E-state index in [0.29, 0.717) is 10.0 Å². The summed E-state index contributed by atoms with van der Waals surface area (Å²) in [5.74, 6) is -0.456. The summed E-state index contributed by atoms with van der Waals surface area (Å²) in [6, 6.07) is 7.50. The van der Waals surface area contributed by atoms with Gasteiger partial charge in [-0.3, -0.25) is 4.79 Å². The third-order valence-electron chi connectivity index (χ3n) is 3.29. The number of aromatic hydroxyl groups is 1. The smallest absolute Gasteiger partial charge is 0.251 e. The summed E-state index contributed by atoms with van der Waals surface area (Å²) in [7, 11) is 1.38. The number of phenolic OH excluding ortho intramolecular Hbond substituents is 1. The molecule has 2 aromatic carbocycles. The number of phenols is 1. The molecule has 4 nitrogen and oxygen atoms in total. The predicted molar refractivity (Wildman–Crippen MR) is 92.0 cm³/mol. The molecular formula is C16H14Cl3NO3. The van der Waals surface area contributed by atoms with Gasteiger partial charge in [0.1, 0.15) is 0 Å². The molecule has 1 amide bonds. The molecule has 0 heterocycles. The molecule has 2 N–H and O–H groups in total.